The Bertz CT molecular complexity index is 3840. The molecule has 68 heavy (non-hydrogen) atoms. The number of benzene rings is 10. The predicted molar refractivity (Wildman–Crippen MR) is 293 cm³/mol. The van der Waals surface area contributed by atoms with E-state index in [1.54, 1.807) is 0 Å². The lowest BCUT2D eigenvalue weighted by molar-refractivity contribution is 1.42. The summed E-state index contributed by atoms with van der Waals surface area (Å²) >= 11 is 3.78. The van der Waals surface area contributed by atoms with Gasteiger partial charge in [-0.05, 0) is 139 Å². The fourth-order valence-electron chi connectivity index (χ4n) is 10.5. The topological polar surface area (TPSA) is 47.7 Å². The maximum absolute atomic E-state index is 9.09. The molecule has 12 aromatic rings. The smallest absolute Gasteiger partial charge is 0.0874 e. The Morgan fingerprint density at radius 2 is 0.544 bits per heavy atom. The molecule has 1 aliphatic rings. The monoisotopic (exact) mass is 902 g/mol. The molecule has 13 rings (SSSR count). The van der Waals surface area contributed by atoms with Gasteiger partial charge >= 0.3 is 0 Å². The van der Waals surface area contributed by atoms with Crippen molar-refractivity contribution in [3.63, 3.8) is 0 Å². The number of fused-ring (bicyclic) bond motifs is 9. The molecule has 1 aliphatic carbocycles. The normalized spacial score (nSPS) is 12.3. The van der Waals surface area contributed by atoms with Crippen molar-refractivity contribution < 1.29 is 0 Å². The molecule has 2 N–H and O–H groups in total. The van der Waals surface area contributed by atoms with Gasteiger partial charge in [-0.1, -0.05) is 170 Å². The molecule has 2 heterocycles. The lowest BCUT2D eigenvalue weighted by Crippen LogP contribution is -2.21. The Morgan fingerprint density at radius 1 is 0.250 bits per heavy atom. The molecule has 0 amide bonds. The largest absolute Gasteiger partial charge is 0.298 e. The van der Waals surface area contributed by atoms with Crippen molar-refractivity contribution >= 4 is 74.4 Å². The van der Waals surface area contributed by atoms with Gasteiger partial charge in [0, 0.05) is 51.5 Å². The number of hydrogen-bond acceptors (Lipinski definition) is 4. The molecule has 2 nitrogen and oxygen atoms in total. The third-order valence-corrected chi connectivity index (χ3v) is 16.7. The predicted octanol–water partition coefficient (Wildman–Crippen LogP) is 18.5. The first-order valence-electron chi connectivity index (χ1n) is 23.1. The second-order valence-corrected chi connectivity index (χ2v) is 20.1. The molecular weight excluding hydrogens is 861 g/mol. The van der Waals surface area contributed by atoms with E-state index in [1.165, 1.54) is 84.9 Å². The van der Waals surface area contributed by atoms with E-state index in [2.05, 4.69) is 208 Å². The molecule has 0 unspecified atom stereocenters. The van der Waals surface area contributed by atoms with Gasteiger partial charge in [-0.2, -0.15) is 0 Å². The summed E-state index contributed by atoms with van der Waals surface area (Å²) in [7, 11) is 0. The van der Waals surface area contributed by atoms with E-state index in [4.69, 9.17) is 10.8 Å². The Kier molecular flexibility index (Phi) is 9.36. The van der Waals surface area contributed by atoms with Crippen molar-refractivity contribution in [2.45, 2.75) is 13.8 Å². The van der Waals surface area contributed by atoms with Crippen LogP contribution in [-0.4, -0.2) is 11.4 Å². The molecule has 0 radical (unpaired) electrons. The first-order chi connectivity index (χ1) is 33.3. The molecule has 2 aromatic heterocycles. The van der Waals surface area contributed by atoms with Gasteiger partial charge in [-0.25, -0.2) is 0 Å². The van der Waals surface area contributed by atoms with E-state index in [9.17, 15) is 0 Å². The van der Waals surface area contributed by atoms with E-state index in [1.807, 2.05) is 34.8 Å². The summed E-state index contributed by atoms with van der Waals surface area (Å²) in [4.78, 5) is 0. The molecule has 320 valence electrons. The summed E-state index contributed by atoms with van der Waals surface area (Å²) in [6, 6.07) is 74.7. The molecular formula is C64H42N2S2. The van der Waals surface area contributed by atoms with E-state index in [0.717, 1.165) is 55.6 Å². The van der Waals surface area contributed by atoms with Crippen LogP contribution in [0.3, 0.4) is 0 Å². The van der Waals surface area contributed by atoms with Gasteiger partial charge in [0.15, 0.2) is 0 Å². The Morgan fingerprint density at radius 3 is 0.926 bits per heavy atom. The summed E-state index contributed by atoms with van der Waals surface area (Å²) in [5, 5.41) is 23.5. The fourth-order valence-corrected chi connectivity index (χ4v) is 13.1. The number of nitrogens with one attached hydrogen (secondary N) is 2. The van der Waals surface area contributed by atoms with Crippen molar-refractivity contribution in [1.82, 2.24) is 0 Å². The van der Waals surface area contributed by atoms with Crippen LogP contribution in [0.5, 0.6) is 0 Å². The SMILES string of the molecule is Cc1cccc2c1sc1c(-c3cccc(-c4cccc(-c5ccc6c(c5)-c5cc(-c7cccc(-c8cccc(-c9cccc%10c9sc9c(C)cccc9%10)c8)c7)ccc5C(=N)C6=N)c4)c3)cccc12. The molecule has 0 bridgehead atoms. The van der Waals surface area contributed by atoms with Crippen LogP contribution in [0.2, 0.25) is 0 Å². The van der Waals surface area contributed by atoms with Crippen LogP contribution in [0.1, 0.15) is 22.3 Å². The van der Waals surface area contributed by atoms with Crippen LogP contribution in [0.15, 0.2) is 206 Å². The third kappa shape index (κ3) is 6.52. The van der Waals surface area contributed by atoms with Crippen molar-refractivity contribution in [3.8, 4) is 77.9 Å². The summed E-state index contributed by atoms with van der Waals surface area (Å²) in [5.74, 6) is 0. The number of hydrogen-bond donors (Lipinski definition) is 2. The van der Waals surface area contributed by atoms with E-state index >= 15 is 0 Å². The summed E-state index contributed by atoms with van der Waals surface area (Å²) in [6.07, 6.45) is 0. The zero-order valence-electron chi connectivity index (χ0n) is 37.4. The number of thiophene rings is 2. The second kappa shape index (κ2) is 15.8. The maximum atomic E-state index is 9.09. The highest BCUT2D eigenvalue weighted by Crippen LogP contribution is 2.45. The van der Waals surface area contributed by atoms with Crippen LogP contribution in [0.4, 0.5) is 0 Å². The van der Waals surface area contributed by atoms with E-state index in [0.29, 0.717) is 0 Å². The minimum absolute atomic E-state index is 0.254. The summed E-state index contributed by atoms with van der Waals surface area (Å²) in [5.41, 5.74) is 20.6. The average Bonchev–Trinajstić information content (AvgIpc) is 3.98. The average molecular weight is 903 g/mol. The van der Waals surface area contributed by atoms with Crippen molar-refractivity contribution in [1.29, 1.82) is 10.8 Å². The Balaban J connectivity index is 0.840. The van der Waals surface area contributed by atoms with Crippen LogP contribution in [0, 0.1) is 24.7 Å². The van der Waals surface area contributed by atoms with Gasteiger partial charge in [0.1, 0.15) is 0 Å². The molecule has 0 aliphatic heterocycles. The molecule has 0 saturated heterocycles. The van der Waals surface area contributed by atoms with Crippen molar-refractivity contribution in [2.75, 3.05) is 0 Å². The second-order valence-electron chi connectivity index (χ2n) is 18.1. The Hall–Kier alpha value is -8.02. The Labute approximate surface area is 403 Å². The summed E-state index contributed by atoms with van der Waals surface area (Å²) < 4.78 is 5.36. The highest BCUT2D eigenvalue weighted by molar-refractivity contribution is 7.27. The number of aryl methyl sites for hydroxylation is 2. The lowest BCUT2D eigenvalue weighted by Gasteiger charge is -2.23. The number of rotatable bonds is 6. The first kappa shape index (κ1) is 40.3. The van der Waals surface area contributed by atoms with Gasteiger partial charge in [0.25, 0.3) is 0 Å². The van der Waals surface area contributed by atoms with Crippen molar-refractivity contribution in [3.05, 3.63) is 229 Å². The van der Waals surface area contributed by atoms with Gasteiger partial charge in [0.2, 0.25) is 0 Å². The zero-order valence-corrected chi connectivity index (χ0v) is 39.1. The quantitative estimate of drug-likeness (QED) is 0.167. The van der Waals surface area contributed by atoms with Crippen molar-refractivity contribution in [2.24, 2.45) is 0 Å². The molecule has 4 heteroatoms. The maximum Gasteiger partial charge on any atom is 0.0874 e. The zero-order chi connectivity index (χ0) is 45.6. The highest BCUT2D eigenvalue weighted by atomic mass is 32.1. The molecule has 0 saturated carbocycles. The van der Waals surface area contributed by atoms with Gasteiger partial charge in [-0.3, -0.25) is 10.8 Å². The minimum Gasteiger partial charge on any atom is -0.298 e. The standard InChI is InChI=1S/C64H42N2S2/c1-37-11-3-23-53-55-25-9-21-49(63(55)67-61(37)53)47-19-7-17-43(33-47)39-13-5-15-41(31-39)45-27-29-51-57(35-45)58-36-46(28-30-52(58)60(66)59(51)65)42-16-6-14-40(32-42)44-18-8-20-48(34-44)50-22-10-26-56-54-24-4-12-38(2)62(54)68-64(50)56/h3-36,65-66H,1-2H3. The van der Waals surface area contributed by atoms with Crippen LogP contribution < -0.4 is 0 Å². The highest BCUT2D eigenvalue weighted by Gasteiger charge is 2.26. The van der Waals surface area contributed by atoms with Crippen LogP contribution >= 0.6 is 22.7 Å². The fraction of sp³-hybridized carbons (Fsp3) is 0.0312. The van der Waals surface area contributed by atoms with Gasteiger partial charge in [0.05, 0.1) is 11.4 Å². The summed E-state index contributed by atoms with van der Waals surface area (Å²) in [6.45, 7) is 4.41. The third-order valence-electron chi connectivity index (χ3n) is 14.0. The minimum atomic E-state index is 0.254. The van der Waals surface area contributed by atoms with E-state index < -0.39 is 0 Å². The van der Waals surface area contributed by atoms with Gasteiger partial charge in [-0.15, -0.1) is 22.7 Å². The van der Waals surface area contributed by atoms with E-state index in [-0.39, 0.29) is 11.4 Å². The lowest BCUT2D eigenvalue weighted by atomic mass is 9.80. The van der Waals surface area contributed by atoms with Gasteiger partial charge < -0.3 is 0 Å². The van der Waals surface area contributed by atoms with Crippen LogP contribution in [0.25, 0.3) is 118 Å². The first-order valence-corrected chi connectivity index (χ1v) is 24.7. The molecule has 10 aromatic carbocycles. The molecule has 0 spiro atoms. The molecule has 0 atom stereocenters. The molecule has 0 fully saturated rings. The van der Waals surface area contributed by atoms with Crippen LogP contribution in [-0.2, 0) is 0 Å².